The number of carboxylic acid groups (broad SMARTS) is 1. The summed E-state index contributed by atoms with van der Waals surface area (Å²) in [4.78, 5) is 48.1. The molecule has 7 nitrogen and oxygen atoms in total. The molecule has 2 atom stereocenters. The Morgan fingerprint density at radius 2 is 0.833 bits per heavy atom. The van der Waals surface area contributed by atoms with Gasteiger partial charge >= 0.3 is 17.9 Å². The maximum Gasteiger partial charge on any atom is 0.349 e. The first-order valence-corrected chi connectivity index (χ1v) is 14.5. The molecule has 1 N–H and O–H groups in total. The molecule has 0 saturated carbocycles. The molecular formula is C29H52O7. The number of carboxylic acids is 1. The Labute approximate surface area is 219 Å². The molecule has 0 aromatic rings. The van der Waals surface area contributed by atoms with Crippen molar-refractivity contribution in [3.05, 3.63) is 0 Å². The summed E-state index contributed by atoms with van der Waals surface area (Å²) in [6, 6.07) is 0. The summed E-state index contributed by atoms with van der Waals surface area (Å²) in [6.45, 7) is 5.52. The Balaban J connectivity index is 4.29. The second-order valence-electron chi connectivity index (χ2n) is 9.93. The van der Waals surface area contributed by atoms with E-state index in [9.17, 15) is 24.3 Å². The van der Waals surface area contributed by atoms with Crippen LogP contribution in [0.5, 0.6) is 0 Å². The summed E-state index contributed by atoms with van der Waals surface area (Å²) < 4.78 is 10.2. The summed E-state index contributed by atoms with van der Waals surface area (Å²) in [5.41, 5.74) is 0. The predicted molar refractivity (Wildman–Crippen MR) is 142 cm³/mol. The molecule has 7 heteroatoms. The van der Waals surface area contributed by atoms with E-state index >= 15 is 0 Å². The third-order valence-corrected chi connectivity index (χ3v) is 6.40. The van der Waals surface area contributed by atoms with E-state index in [4.69, 9.17) is 9.47 Å². The van der Waals surface area contributed by atoms with E-state index in [1.54, 1.807) is 0 Å². The van der Waals surface area contributed by atoms with Gasteiger partial charge in [0.05, 0.1) is 0 Å². The van der Waals surface area contributed by atoms with E-state index in [1.165, 1.54) is 64.2 Å². The van der Waals surface area contributed by atoms with E-state index in [0.717, 1.165) is 45.4 Å². The Kier molecular flexibility index (Phi) is 22.2. The molecule has 0 bridgehead atoms. The van der Waals surface area contributed by atoms with Crippen LogP contribution in [0.1, 0.15) is 149 Å². The van der Waals surface area contributed by atoms with Gasteiger partial charge in [0, 0.05) is 12.8 Å². The van der Waals surface area contributed by atoms with E-state index < -0.39 is 35.9 Å². The molecule has 0 rings (SSSR count). The quantitative estimate of drug-likeness (QED) is 0.101. The molecule has 0 heterocycles. The zero-order valence-electron chi connectivity index (χ0n) is 23.2. The van der Waals surface area contributed by atoms with Gasteiger partial charge in [-0.05, 0) is 19.8 Å². The molecule has 0 saturated heterocycles. The first-order valence-electron chi connectivity index (χ1n) is 14.5. The number of Topliss-reactive ketones (excluding diaryl/α,β-unsaturated/α-hetero) is 1. The number of ketones is 1. The van der Waals surface area contributed by atoms with Crippen molar-refractivity contribution in [3.63, 3.8) is 0 Å². The molecular weight excluding hydrogens is 460 g/mol. The molecule has 0 aromatic carbocycles. The van der Waals surface area contributed by atoms with E-state index in [2.05, 4.69) is 13.8 Å². The lowest BCUT2D eigenvalue weighted by Gasteiger charge is -2.22. The monoisotopic (exact) mass is 512 g/mol. The number of hydrogen-bond donors (Lipinski definition) is 1. The molecule has 0 radical (unpaired) electrons. The van der Waals surface area contributed by atoms with Gasteiger partial charge in [-0.15, -0.1) is 0 Å². The molecule has 210 valence electrons. The van der Waals surface area contributed by atoms with Crippen molar-refractivity contribution in [2.75, 3.05) is 0 Å². The zero-order valence-corrected chi connectivity index (χ0v) is 23.2. The Bertz CT molecular complexity index is 550. The highest BCUT2D eigenvalue weighted by Crippen LogP contribution is 2.15. The van der Waals surface area contributed by atoms with Gasteiger partial charge in [0.1, 0.15) is 0 Å². The summed E-state index contributed by atoms with van der Waals surface area (Å²) in [5.74, 6) is -3.48. The number of unbranched alkanes of at least 4 members (excludes halogenated alkanes) is 16. The molecule has 0 aromatic heterocycles. The largest absolute Gasteiger partial charge is 0.478 e. The SMILES string of the molecule is CCCCCCCCCCCC(=O)OC(C(C)=O)C(OC(=O)CCCCCCCCCCC)C(=O)O. The number of hydrogen-bond acceptors (Lipinski definition) is 6. The highest BCUT2D eigenvalue weighted by atomic mass is 16.6. The van der Waals surface area contributed by atoms with Crippen LogP contribution >= 0.6 is 0 Å². The Hall–Kier alpha value is -1.92. The van der Waals surface area contributed by atoms with Crippen molar-refractivity contribution >= 4 is 23.7 Å². The van der Waals surface area contributed by atoms with Crippen LogP contribution in [-0.2, 0) is 28.7 Å². The van der Waals surface area contributed by atoms with E-state index in [1.807, 2.05) is 0 Å². The predicted octanol–water partition coefficient (Wildman–Crippen LogP) is 7.33. The maximum absolute atomic E-state index is 12.2. The first kappa shape index (κ1) is 34.1. The normalized spacial score (nSPS) is 12.6. The van der Waals surface area contributed by atoms with Crippen molar-refractivity contribution in [3.8, 4) is 0 Å². The lowest BCUT2D eigenvalue weighted by Crippen LogP contribution is -2.45. The molecule has 0 aliphatic rings. The molecule has 0 amide bonds. The minimum Gasteiger partial charge on any atom is -0.478 e. The van der Waals surface area contributed by atoms with Crippen molar-refractivity contribution in [1.82, 2.24) is 0 Å². The topological polar surface area (TPSA) is 107 Å². The number of esters is 2. The third kappa shape index (κ3) is 19.3. The zero-order chi connectivity index (χ0) is 27.0. The highest BCUT2D eigenvalue weighted by Gasteiger charge is 2.38. The van der Waals surface area contributed by atoms with E-state index in [-0.39, 0.29) is 12.8 Å². The number of aliphatic carboxylic acids is 1. The minimum atomic E-state index is -1.82. The smallest absolute Gasteiger partial charge is 0.349 e. The summed E-state index contributed by atoms with van der Waals surface area (Å²) >= 11 is 0. The molecule has 0 fully saturated rings. The molecule has 2 unspecified atom stereocenters. The first-order chi connectivity index (χ1) is 17.3. The average molecular weight is 513 g/mol. The van der Waals surface area contributed by atoms with Crippen LogP contribution < -0.4 is 0 Å². The van der Waals surface area contributed by atoms with Gasteiger partial charge in [-0.2, -0.15) is 0 Å². The van der Waals surface area contributed by atoms with Gasteiger partial charge in [-0.3, -0.25) is 14.4 Å². The van der Waals surface area contributed by atoms with E-state index in [0.29, 0.717) is 12.8 Å². The van der Waals surface area contributed by atoms with Crippen LogP contribution in [0.3, 0.4) is 0 Å². The number of carbonyl (C=O) groups excluding carboxylic acids is 3. The molecule has 0 spiro atoms. The van der Waals surface area contributed by atoms with Crippen molar-refractivity contribution < 1.29 is 33.8 Å². The molecule has 36 heavy (non-hydrogen) atoms. The second kappa shape index (κ2) is 23.5. The fraction of sp³-hybridized carbons (Fsp3) is 0.862. The lowest BCUT2D eigenvalue weighted by atomic mass is 10.1. The fourth-order valence-electron chi connectivity index (χ4n) is 4.16. The van der Waals surface area contributed by atoms with Crippen LogP contribution in [0, 0.1) is 0 Å². The lowest BCUT2D eigenvalue weighted by molar-refractivity contribution is -0.181. The van der Waals surface area contributed by atoms with Crippen molar-refractivity contribution in [2.24, 2.45) is 0 Å². The van der Waals surface area contributed by atoms with Gasteiger partial charge in [0.15, 0.2) is 5.78 Å². The van der Waals surface area contributed by atoms with Crippen LogP contribution in [-0.4, -0.2) is 41.0 Å². The number of rotatable bonds is 25. The van der Waals surface area contributed by atoms with Crippen molar-refractivity contribution in [2.45, 2.75) is 161 Å². The minimum absolute atomic E-state index is 0.0800. The maximum atomic E-state index is 12.2. The van der Waals surface area contributed by atoms with Crippen molar-refractivity contribution in [1.29, 1.82) is 0 Å². The molecule has 0 aliphatic carbocycles. The van der Waals surface area contributed by atoms with Gasteiger partial charge < -0.3 is 14.6 Å². The average Bonchev–Trinajstić information content (AvgIpc) is 2.83. The third-order valence-electron chi connectivity index (χ3n) is 6.40. The van der Waals surface area contributed by atoms with Crippen LogP contribution in [0.2, 0.25) is 0 Å². The highest BCUT2D eigenvalue weighted by molar-refractivity contribution is 5.91. The second-order valence-corrected chi connectivity index (χ2v) is 9.93. The van der Waals surface area contributed by atoms with Crippen LogP contribution in [0.15, 0.2) is 0 Å². The van der Waals surface area contributed by atoms with Crippen LogP contribution in [0.4, 0.5) is 0 Å². The van der Waals surface area contributed by atoms with Crippen LogP contribution in [0.25, 0.3) is 0 Å². The Morgan fingerprint density at radius 1 is 0.528 bits per heavy atom. The Morgan fingerprint density at radius 3 is 1.14 bits per heavy atom. The van der Waals surface area contributed by atoms with Gasteiger partial charge in [0.2, 0.25) is 12.2 Å². The summed E-state index contributed by atoms with van der Waals surface area (Å²) in [7, 11) is 0. The molecule has 0 aliphatic heterocycles. The summed E-state index contributed by atoms with van der Waals surface area (Å²) in [5, 5.41) is 9.51. The fourth-order valence-corrected chi connectivity index (χ4v) is 4.16. The summed E-state index contributed by atoms with van der Waals surface area (Å²) in [6.07, 6.45) is 16.4. The number of carbonyl (C=O) groups is 4. The van der Waals surface area contributed by atoms with Gasteiger partial charge in [-0.25, -0.2) is 4.79 Å². The number of ether oxygens (including phenoxy) is 2. The standard InChI is InChI=1S/C29H52O7/c1-4-6-8-10-12-14-16-18-20-22-25(31)35-27(24(3)30)28(29(33)34)36-26(32)23-21-19-17-15-13-11-9-7-5-2/h27-28H,4-23H2,1-3H3,(H,33,34). The van der Waals surface area contributed by atoms with Gasteiger partial charge in [-0.1, -0.05) is 117 Å². The van der Waals surface area contributed by atoms with Gasteiger partial charge in [0.25, 0.3) is 0 Å².